The topological polar surface area (TPSA) is 168 Å². The molecule has 1 aromatic rings. The highest BCUT2D eigenvalue weighted by Gasteiger charge is 2.63. The number of ketones is 2. The quantitative estimate of drug-likeness (QED) is 0.299. The number of allylic oxidation sites excluding steroid dienone is 1. The van der Waals surface area contributed by atoms with Gasteiger partial charge < -0.3 is 31.1 Å². The van der Waals surface area contributed by atoms with E-state index in [1.165, 1.54) is 0 Å². The monoisotopic (exact) mass is 584 g/mol. The number of nitrogens with zero attached hydrogens (tertiary/aromatic N) is 3. The van der Waals surface area contributed by atoms with Crippen LogP contribution in [0.5, 0.6) is 5.75 Å². The molecule has 3 aliphatic rings. The first kappa shape index (κ1) is 31.5. The Morgan fingerprint density at radius 3 is 2.24 bits per heavy atom. The van der Waals surface area contributed by atoms with Crippen LogP contribution in [0.25, 0.3) is 0 Å². The Hall–Kier alpha value is -3.41. The van der Waals surface area contributed by atoms with Crippen molar-refractivity contribution >= 4 is 23.2 Å². The first-order valence-electron chi connectivity index (χ1n) is 14.3. The van der Waals surface area contributed by atoms with E-state index in [-0.39, 0.29) is 35.1 Å². The predicted molar refractivity (Wildman–Crippen MR) is 158 cm³/mol. The van der Waals surface area contributed by atoms with E-state index in [1.807, 2.05) is 19.0 Å². The molecule has 0 aliphatic heterocycles. The molecule has 0 aromatic heterocycles. The van der Waals surface area contributed by atoms with Gasteiger partial charge in [-0.15, -0.1) is 0 Å². The molecule has 6 N–H and O–H groups in total. The summed E-state index contributed by atoms with van der Waals surface area (Å²) < 4.78 is 0. The van der Waals surface area contributed by atoms with Crippen molar-refractivity contribution in [1.29, 1.82) is 0 Å². The molecule has 0 bridgehead atoms. The summed E-state index contributed by atoms with van der Waals surface area (Å²) in [6.45, 7) is 10.7. The van der Waals surface area contributed by atoms with E-state index >= 15 is 0 Å². The van der Waals surface area contributed by atoms with Gasteiger partial charge in [-0.2, -0.15) is 0 Å². The molecule has 1 aromatic carbocycles. The molecule has 0 fully saturated rings. The van der Waals surface area contributed by atoms with Crippen LogP contribution in [0.4, 0.5) is 5.69 Å². The molecule has 3 aliphatic carbocycles. The Morgan fingerprint density at radius 2 is 1.74 bits per heavy atom. The van der Waals surface area contributed by atoms with Crippen molar-refractivity contribution in [1.82, 2.24) is 9.80 Å². The third kappa shape index (κ3) is 4.87. The largest absolute Gasteiger partial charge is 0.510 e. The minimum absolute atomic E-state index is 0.0158. The van der Waals surface area contributed by atoms with Crippen molar-refractivity contribution in [3.05, 3.63) is 45.4 Å². The molecule has 0 unspecified atom stereocenters. The van der Waals surface area contributed by atoms with Crippen LogP contribution in [-0.2, 0) is 22.6 Å². The molecule has 1 amide bonds. The van der Waals surface area contributed by atoms with E-state index in [2.05, 4.69) is 32.6 Å². The number of Topliss-reactive ketones (excluding diaryl/α,β-unsaturated/α-hetero) is 2. The zero-order chi connectivity index (χ0) is 31.6. The van der Waals surface area contributed by atoms with Crippen LogP contribution >= 0.6 is 0 Å². The number of carbonyl (C=O) groups excluding carboxylic acids is 3. The SMILES string of the molecule is CCN(Cc1cc(O)c2c(c1N(C)C)C[C@H]1C[C@H]3[C@H](N(C)C)C(O)=C(C(N)=O)C(=O)[C@@]3(O)C(O)=C1C2=O)CC(C)(C)C. The number of hydrogen-bond donors (Lipinski definition) is 5. The van der Waals surface area contributed by atoms with Crippen molar-refractivity contribution < 1.29 is 34.8 Å². The number of likely N-dealkylation sites (N-methyl/N-ethyl adjacent to an activating group) is 1. The second-order valence-electron chi connectivity index (χ2n) is 13.5. The van der Waals surface area contributed by atoms with Crippen molar-refractivity contribution in [3.63, 3.8) is 0 Å². The van der Waals surface area contributed by atoms with Gasteiger partial charge in [0.15, 0.2) is 11.4 Å². The molecule has 230 valence electrons. The van der Waals surface area contributed by atoms with Crippen LogP contribution < -0.4 is 10.6 Å². The lowest BCUT2D eigenvalue weighted by Gasteiger charge is -2.50. The summed E-state index contributed by atoms with van der Waals surface area (Å²) in [6.07, 6.45) is 0.295. The van der Waals surface area contributed by atoms with E-state index < -0.39 is 58.0 Å². The molecule has 11 heteroatoms. The number of aromatic hydroxyl groups is 1. The molecule has 0 radical (unpaired) electrons. The number of hydrogen-bond acceptors (Lipinski definition) is 10. The Kier molecular flexibility index (Phi) is 8.03. The molecule has 0 saturated carbocycles. The number of primary amides is 1. The van der Waals surface area contributed by atoms with Gasteiger partial charge in [0.05, 0.1) is 11.6 Å². The number of phenolic OH excluding ortho intramolecular Hbond substituents is 1. The van der Waals surface area contributed by atoms with Gasteiger partial charge in [-0.25, -0.2) is 0 Å². The minimum atomic E-state index is -2.65. The molecule has 4 atom stereocenters. The molecular formula is C31H44N4O7. The fourth-order valence-corrected chi connectivity index (χ4v) is 7.24. The number of carbonyl (C=O) groups is 3. The van der Waals surface area contributed by atoms with Crippen LogP contribution in [-0.4, -0.2) is 101 Å². The number of benzene rings is 1. The number of fused-ring (bicyclic) bond motifs is 3. The van der Waals surface area contributed by atoms with Crippen LogP contribution in [0.15, 0.2) is 28.7 Å². The highest BCUT2D eigenvalue weighted by molar-refractivity contribution is 6.24. The standard InChI is InChI=1S/C31H44N4O7/c1-9-35(14-30(2,3)4)13-16-12-19(36)21-17(23(16)33(5)6)10-15-11-18-24(34(7)8)26(38)22(29(32)41)28(40)31(18,42)27(39)20(15)25(21)37/h12,15,18,24,36,38-39,42H,9-11,13-14H2,1-8H3,(H2,32,41)/t15-,18-,24-,31-/m0/s1. The summed E-state index contributed by atoms with van der Waals surface area (Å²) in [5.41, 5.74) is 4.11. The van der Waals surface area contributed by atoms with Crippen LogP contribution in [0.2, 0.25) is 0 Å². The number of amides is 1. The van der Waals surface area contributed by atoms with Crippen LogP contribution in [0, 0.1) is 17.3 Å². The second-order valence-corrected chi connectivity index (χ2v) is 13.5. The van der Waals surface area contributed by atoms with Gasteiger partial charge in [0.25, 0.3) is 5.91 Å². The number of rotatable bonds is 7. The van der Waals surface area contributed by atoms with Crippen molar-refractivity contribution in [2.45, 2.75) is 58.7 Å². The summed E-state index contributed by atoms with van der Waals surface area (Å²) in [5.74, 6) is -6.56. The summed E-state index contributed by atoms with van der Waals surface area (Å²) >= 11 is 0. The van der Waals surface area contributed by atoms with Gasteiger partial charge in [0.1, 0.15) is 22.8 Å². The normalized spacial score (nSPS) is 26.0. The summed E-state index contributed by atoms with van der Waals surface area (Å²) in [7, 11) is 6.97. The zero-order valence-electron chi connectivity index (χ0n) is 25.8. The fraction of sp³-hybridized carbons (Fsp3) is 0.581. The van der Waals surface area contributed by atoms with Gasteiger partial charge in [-0.1, -0.05) is 27.7 Å². The lowest BCUT2D eigenvalue weighted by atomic mass is 9.58. The zero-order valence-corrected chi connectivity index (χ0v) is 25.8. The number of nitrogens with two attached hydrogens (primary N) is 1. The molecule has 11 nitrogen and oxygen atoms in total. The van der Waals surface area contributed by atoms with Crippen LogP contribution in [0.1, 0.15) is 55.6 Å². The van der Waals surface area contributed by atoms with Gasteiger partial charge in [-0.3, -0.25) is 24.2 Å². The number of aliphatic hydroxyl groups excluding tert-OH is 2. The molecule has 0 spiro atoms. The molecular weight excluding hydrogens is 540 g/mol. The Bertz CT molecular complexity index is 1400. The van der Waals surface area contributed by atoms with E-state index in [9.17, 15) is 34.8 Å². The summed E-state index contributed by atoms with van der Waals surface area (Å²) in [5, 5.41) is 45.5. The molecule has 0 heterocycles. The Morgan fingerprint density at radius 1 is 1.12 bits per heavy atom. The maximum absolute atomic E-state index is 14.1. The van der Waals surface area contributed by atoms with Crippen molar-refractivity contribution in [2.24, 2.45) is 23.0 Å². The highest BCUT2D eigenvalue weighted by atomic mass is 16.3. The lowest BCUT2D eigenvalue weighted by Crippen LogP contribution is -2.63. The Labute approximate surface area is 246 Å². The smallest absolute Gasteiger partial charge is 0.255 e. The van der Waals surface area contributed by atoms with Gasteiger partial charge in [0.2, 0.25) is 5.78 Å². The molecule has 42 heavy (non-hydrogen) atoms. The van der Waals surface area contributed by atoms with E-state index in [4.69, 9.17) is 5.73 Å². The Balaban J connectivity index is 1.90. The first-order valence-corrected chi connectivity index (χ1v) is 14.3. The van der Waals surface area contributed by atoms with Crippen LogP contribution in [0.3, 0.4) is 0 Å². The average molecular weight is 585 g/mol. The third-order valence-corrected chi connectivity index (χ3v) is 8.76. The molecule has 0 saturated heterocycles. The number of phenols is 1. The third-order valence-electron chi connectivity index (χ3n) is 8.76. The van der Waals surface area contributed by atoms with E-state index in [0.717, 1.165) is 24.3 Å². The van der Waals surface area contributed by atoms with E-state index in [0.29, 0.717) is 12.1 Å². The average Bonchev–Trinajstić information content (AvgIpc) is 2.84. The fourth-order valence-electron chi connectivity index (χ4n) is 7.24. The van der Waals surface area contributed by atoms with Crippen molar-refractivity contribution in [3.8, 4) is 5.75 Å². The number of aliphatic hydroxyl groups is 3. The highest BCUT2D eigenvalue weighted by Crippen LogP contribution is 2.53. The number of anilines is 1. The van der Waals surface area contributed by atoms with Gasteiger partial charge in [-0.05, 0) is 62.0 Å². The predicted octanol–water partition coefficient (Wildman–Crippen LogP) is 2.05. The lowest BCUT2D eigenvalue weighted by molar-refractivity contribution is -0.148. The second kappa shape index (κ2) is 10.7. The minimum Gasteiger partial charge on any atom is -0.510 e. The van der Waals surface area contributed by atoms with Gasteiger partial charge >= 0.3 is 0 Å². The maximum atomic E-state index is 14.1. The maximum Gasteiger partial charge on any atom is 0.255 e. The molecule has 4 rings (SSSR count). The first-order chi connectivity index (χ1) is 19.4. The van der Waals surface area contributed by atoms with Gasteiger partial charge in [0, 0.05) is 44.4 Å². The summed E-state index contributed by atoms with van der Waals surface area (Å²) in [6, 6.07) is 0.550. The van der Waals surface area contributed by atoms with Crippen molar-refractivity contribution in [2.75, 3.05) is 46.2 Å². The summed E-state index contributed by atoms with van der Waals surface area (Å²) in [4.78, 5) is 45.4. The van der Waals surface area contributed by atoms with E-state index in [1.54, 1.807) is 25.1 Å².